The van der Waals surface area contributed by atoms with Gasteiger partial charge in [-0.2, -0.15) is 22.0 Å². The van der Waals surface area contributed by atoms with Gasteiger partial charge in [0, 0.05) is 17.5 Å². The molecule has 0 spiro atoms. The predicted molar refractivity (Wildman–Crippen MR) is 55.0 cm³/mol. The third-order valence-electron chi connectivity index (χ3n) is 2.88. The highest BCUT2D eigenvalue weighted by Crippen LogP contribution is 2.45. The number of nitrogens with zero attached hydrogens (tertiary/aromatic N) is 1. The first-order chi connectivity index (χ1) is 8.72. The molecule has 0 saturated heterocycles. The molecule has 0 saturated carbocycles. The Labute approximate surface area is 104 Å². The van der Waals surface area contributed by atoms with Gasteiger partial charge in [0.1, 0.15) is 5.75 Å². The van der Waals surface area contributed by atoms with Crippen molar-refractivity contribution < 1.29 is 31.9 Å². The highest BCUT2D eigenvalue weighted by atomic mass is 19.4. The van der Waals surface area contributed by atoms with Gasteiger partial charge < -0.3 is 9.94 Å². The smallest absolute Gasteiger partial charge is 0.417 e. The fourth-order valence-corrected chi connectivity index (χ4v) is 2.11. The van der Waals surface area contributed by atoms with Gasteiger partial charge in [-0.1, -0.05) is 5.16 Å². The van der Waals surface area contributed by atoms with E-state index in [1.54, 1.807) is 0 Å². The fraction of sp³-hybridized carbons (Fsp3) is 0.364. The van der Waals surface area contributed by atoms with Crippen LogP contribution in [0.4, 0.5) is 22.0 Å². The number of alkyl halides is 5. The van der Waals surface area contributed by atoms with Gasteiger partial charge in [-0.3, -0.25) is 0 Å². The highest BCUT2D eigenvalue weighted by Gasteiger charge is 2.51. The first-order valence-electron chi connectivity index (χ1n) is 5.10. The summed E-state index contributed by atoms with van der Waals surface area (Å²) in [6.07, 6.45) is -5.82. The van der Waals surface area contributed by atoms with Crippen LogP contribution in [0.1, 0.15) is 16.7 Å². The first-order valence-corrected chi connectivity index (χ1v) is 5.10. The quantitative estimate of drug-likeness (QED) is 0.488. The van der Waals surface area contributed by atoms with Crippen molar-refractivity contribution in [1.29, 1.82) is 0 Å². The summed E-state index contributed by atoms with van der Waals surface area (Å²) in [5.74, 6) is -3.76. The minimum atomic E-state index is -4.83. The van der Waals surface area contributed by atoms with Crippen LogP contribution >= 0.6 is 0 Å². The minimum absolute atomic E-state index is 0.0960. The van der Waals surface area contributed by atoms with E-state index < -0.39 is 35.4 Å². The molecular weight excluding hydrogens is 273 g/mol. The van der Waals surface area contributed by atoms with E-state index in [0.29, 0.717) is 6.07 Å². The SMILES string of the molecule is COc1ccc(C(F)(F)F)c2c1CC(F)(F)/C2=N\O. The summed E-state index contributed by atoms with van der Waals surface area (Å²) in [6.45, 7) is 0. The van der Waals surface area contributed by atoms with Crippen molar-refractivity contribution in [2.75, 3.05) is 7.11 Å². The maximum Gasteiger partial charge on any atom is 0.417 e. The van der Waals surface area contributed by atoms with Crippen molar-refractivity contribution in [2.24, 2.45) is 5.16 Å². The number of halogens is 5. The summed E-state index contributed by atoms with van der Waals surface area (Å²) in [4.78, 5) is 0. The van der Waals surface area contributed by atoms with E-state index in [2.05, 4.69) is 5.16 Å². The molecule has 0 fully saturated rings. The number of ether oxygens (including phenoxy) is 1. The molecule has 3 nitrogen and oxygen atoms in total. The van der Waals surface area contributed by atoms with E-state index in [1.807, 2.05) is 0 Å². The summed E-state index contributed by atoms with van der Waals surface area (Å²) < 4.78 is 70.4. The van der Waals surface area contributed by atoms with Crippen LogP contribution < -0.4 is 4.74 Å². The summed E-state index contributed by atoms with van der Waals surface area (Å²) >= 11 is 0. The van der Waals surface area contributed by atoms with Crippen LogP contribution in [0.15, 0.2) is 17.3 Å². The van der Waals surface area contributed by atoms with Gasteiger partial charge >= 0.3 is 6.18 Å². The molecule has 1 aromatic rings. The Morgan fingerprint density at radius 3 is 2.42 bits per heavy atom. The van der Waals surface area contributed by atoms with E-state index in [0.717, 1.165) is 13.2 Å². The predicted octanol–water partition coefficient (Wildman–Crippen LogP) is 3.08. The van der Waals surface area contributed by atoms with Gasteiger partial charge in [-0.25, -0.2) is 0 Å². The number of benzene rings is 1. The molecule has 1 aliphatic rings. The number of hydrogen-bond donors (Lipinski definition) is 1. The van der Waals surface area contributed by atoms with Crippen LogP contribution in [0, 0.1) is 0 Å². The van der Waals surface area contributed by atoms with Crippen LogP contribution in [-0.2, 0) is 12.6 Å². The summed E-state index contributed by atoms with van der Waals surface area (Å²) in [6, 6.07) is 1.60. The number of rotatable bonds is 1. The lowest BCUT2D eigenvalue weighted by Crippen LogP contribution is -2.26. The molecule has 1 aliphatic carbocycles. The Morgan fingerprint density at radius 1 is 1.32 bits per heavy atom. The lowest BCUT2D eigenvalue weighted by Gasteiger charge is -2.14. The maximum atomic E-state index is 13.6. The second kappa shape index (κ2) is 4.07. The highest BCUT2D eigenvalue weighted by molar-refractivity contribution is 6.11. The summed E-state index contributed by atoms with van der Waals surface area (Å²) in [7, 11) is 1.16. The molecule has 19 heavy (non-hydrogen) atoms. The van der Waals surface area contributed by atoms with Gasteiger partial charge in [0.05, 0.1) is 12.7 Å². The average Bonchev–Trinajstić information content (AvgIpc) is 2.56. The Hall–Kier alpha value is -1.86. The van der Waals surface area contributed by atoms with E-state index in [-0.39, 0.29) is 11.3 Å². The van der Waals surface area contributed by atoms with Crippen molar-refractivity contribution in [2.45, 2.75) is 18.5 Å². The van der Waals surface area contributed by atoms with Crippen LogP contribution in [0.25, 0.3) is 0 Å². The number of hydrogen-bond acceptors (Lipinski definition) is 3. The molecule has 0 heterocycles. The van der Waals surface area contributed by atoms with E-state index in [1.165, 1.54) is 0 Å². The molecule has 8 heteroatoms. The molecular formula is C11H8F5NO2. The number of methoxy groups -OCH3 is 1. The zero-order valence-corrected chi connectivity index (χ0v) is 9.55. The zero-order valence-electron chi connectivity index (χ0n) is 9.55. The normalized spacial score (nSPS) is 19.6. The minimum Gasteiger partial charge on any atom is -0.496 e. The molecule has 0 atom stereocenters. The number of fused-ring (bicyclic) bond motifs is 1. The average molecular weight is 281 g/mol. The van der Waals surface area contributed by atoms with Crippen molar-refractivity contribution in [3.63, 3.8) is 0 Å². The molecule has 0 aliphatic heterocycles. The van der Waals surface area contributed by atoms with Crippen LogP contribution in [0.2, 0.25) is 0 Å². The van der Waals surface area contributed by atoms with Crippen LogP contribution in [-0.4, -0.2) is 24.0 Å². The van der Waals surface area contributed by atoms with Crippen LogP contribution in [0.5, 0.6) is 5.75 Å². The monoisotopic (exact) mass is 281 g/mol. The molecule has 0 amide bonds. The van der Waals surface area contributed by atoms with Crippen molar-refractivity contribution in [1.82, 2.24) is 0 Å². The molecule has 1 N–H and O–H groups in total. The van der Waals surface area contributed by atoms with Crippen molar-refractivity contribution >= 4 is 5.71 Å². The molecule has 0 unspecified atom stereocenters. The molecule has 0 radical (unpaired) electrons. The third kappa shape index (κ3) is 2.00. The van der Waals surface area contributed by atoms with Gasteiger partial charge in [-0.05, 0) is 12.1 Å². The Morgan fingerprint density at radius 2 is 1.95 bits per heavy atom. The largest absolute Gasteiger partial charge is 0.496 e. The second-order valence-corrected chi connectivity index (χ2v) is 4.00. The molecule has 1 aromatic carbocycles. The molecule has 104 valence electrons. The zero-order chi connectivity index (χ0) is 14.4. The maximum absolute atomic E-state index is 13.6. The Balaban J connectivity index is 2.78. The van der Waals surface area contributed by atoms with E-state index >= 15 is 0 Å². The van der Waals surface area contributed by atoms with Crippen molar-refractivity contribution in [3.8, 4) is 5.75 Å². The third-order valence-corrected chi connectivity index (χ3v) is 2.88. The van der Waals surface area contributed by atoms with E-state index in [4.69, 9.17) is 9.94 Å². The number of oxime groups is 1. The van der Waals surface area contributed by atoms with E-state index in [9.17, 15) is 22.0 Å². The lowest BCUT2D eigenvalue weighted by atomic mass is 10.0. The first kappa shape index (κ1) is 13.6. The van der Waals surface area contributed by atoms with Gasteiger partial charge in [-0.15, -0.1) is 0 Å². The van der Waals surface area contributed by atoms with Crippen LogP contribution in [0.3, 0.4) is 0 Å². The van der Waals surface area contributed by atoms with Gasteiger partial charge in [0.15, 0.2) is 5.71 Å². The second-order valence-electron chi connectivity index (χ2n) is 4.00. The Kier molecular flexibility index (Phi) is 2.91. The standard InChI is InChI=1S/C11H8F5NO2/c1-19-7-3-2-6(11(14,15)16)8-5(7)4-10(12,13)9(8)17-18/h2-3,18H,4H2,1H3/b17-9-. The molecule has 0 bridgehead atoms. The van der Waals surface area contributed by atoms with Gasteiger partial charge in [0.25, 0.3) is 5.92 Å². The topological polar surface area (TPSA) is 41.8 Å². The van der Waals surface area contributed by atoms with Gasteiger partial charge in [0.2, 0.25) is 0 Å². The Bertz CT molecular complexity index is 551. The summed E-state index contributed by atoms with van der Waals surface area (Å²) in [5.41, 5.74) is -3.67. The fourth-order valence-electron chi connectivity index (χ4n) is 2.11. The van der Waals surface area contributed by atoms with Crippen molar-refractivity contribution in [3.05, 3.63) is 28.8 Å². The molecule has 2 rings (SSSR count). The summed E-state index contributed by atoms with van der Waals surface area (Å²) in [5, 5.41) is 10.9. The lowest BCUT2D eigenvalue weighted by molar-refractivity contribution is -0.137. The molecule has 0 aromatic heterocycles.